The van der Waals surface area contributed by atoms with E-state index in [-0.39, 0.29) is 5.78 Å². The van der Waals surface area contributed by atoms with Crippen LogP contribution in [0.4, 0.5) is 0 Å². The van der Waals surface area contributed by atoms with Crippen LogP contribution in [0, 0.1) is 5.92 Å². The maximum atomic E-state index is 12.0. The zero-order valence-corrected chi connectivity index (χ0v) is 12.5. The van der Waals surface area contributed by atoms with Crippen LogP contribution in [0.5, 0.6) is 0 Å². The van der Waals surface area contributed by atoms with Gasteiger partial charge in [0.05, 0.1) is 6.10 Å². The summed E-state index contributed by atoms with van der Waals surface area (Å²) in [5.41, 5.74) is 0.828. The molecule has 1 aliphatic heterocycles. The van der Waals surface area contributed by atoms with Crippen molar-refractivity contribution in [3.63, 3.8) is 0 Å². The summed E-state index contributed by atoms with van der Waals surface area (Å²) in [5.74, 6) is 0.890. The number of likely N-dealkylation sites (tertiary alicyclic amines) is 1. The highest BCUT2D eigenvalue weighted by Crippen LogP contribution is 2.19. The van der Waals surface area contributed by atoms with Crippen LogP contribution in [0.1, 0.15) is 36.5 Å². The molecule has 0 N–H and O–H groups in total. The summed E-state index contributed by atoms with van der Waals surface area (Å²) in [7, 11) is 1.80. The van der Waals surface area contributed by atoms with Crippen LogP contribution in [-0.2, 0) is 4.74 Å². The van der Waals surface area contributed by atoms with Crippen molar-refractivity contribution in [3.05, 3.63) is 35.9 Å². The predicted octanol–water partition coefficient (Wildman–Crippen LogP) is 3.01. The molecule has 1 heterocycles. The highest BCUT2D eigenvalue weighted by molar-refractivity contribution is 5.95. The molecule has 0 saturated carbocycles. The third-order valence-corrected chi connectivity index (χ3v) is 4.25. The van der Waals surface area contributed by atoms with Crippen molar-refractivity contribution in [3.8, 4) is 0 Å². The average molecular weight is 275 g/mol. The lowest BCUT2D eigenvalue weighted by Crippen LogP contribution is -2.44. The molecule has 1 aliphatic rings. The Morgan fingerprint density at radius 1 is 1.35 bits per heavy atom. The summed E-state index contributed by atoms with van der Waals surface area (Å²) >= 11 is 0. The van der Waals surface area contributed by atoms with Crippen molar-refractivity contribution in [2.75, 3.05) is 26.7 Å². The Morgan fingerprint density at radius 2 is 2.10 bits per heavy atom. The van der Waals surface area contributed by atoms with Gasteiger partial charge in [0.25, 0.3) is 0 Å². The third-order valence-electron chi connectivity index (χ3n) is 4.25. The summed E-state index contributed by atoms with van der Waals surface area (Å²) in [6.07, 6.45) is 3.09. The molecule has 0 spiro atoms. The number of ether oxygens (including phenoxy) is 1. The summed E-state index contributed by atoms with van der Waals surface area (Å²) < 4.78 is 5.52. The highest BCUT2D eigenvalue weighted by atomic mass is 16.5. The average Bonchev–Trinajstić information content (AvgIpc) is 2.49. The van der Waals surface area contributed by atoms with Gasteiger partial charge in [0.2, 0.25) is 0 Å². The molecule has 1 aromatic carbocycles. The molecule has 0 bridgehead atoms. The minimum atomic E-state index is 0.249. The first-order chi connectivity index (χ1) is 9.70. The number of Topliss-reactive ketones (excluding diaryl/α,β-unsaturated/α-hetero) is 1. The Morgan fingerprint density at radius 3 is 2.80 bits per heavy atom. The molecule has 2 unspecified atom stereocenters. The van der Waals surface area contributed by atoms with Gasteiger partial charge >= 0.3 is 0 Å². The summed E-state index contributed by atoms with van der Waals surface area (Å²) in [5, 5.41) is 0. The molecule has 3 heteroatoms. The topological polar surface area (TPSA) is 29.5 Å². The zero-order chi connectivity index (χ0) is 14.4. The molecule has 1 saturated heterocycles. The van der Waals surface area contributed by atoms with Gasteiger partial charge in [-0.05, 0) is 31.8 Å². The Bertz CT molecular complexity index is 418. The van der Waals surface area contributed by atoms with Gasteiger partial charge in [-0.25, -0.2) is 0 Å². The molecule has 3 nitrogen and oxygen atoms in total. The largest absolute Gasteiger partial charge is 0.380 e. The van der Waals surface area contributed by atoms with E-state index < -0.39 is 0 Å². The van der Waals surface area contributed by atoms with Gasteiger partial charge < -0.3 is 9.64 Å². The second-order valence-electron chi connectivity index (χ2n) is 5.73. The van der Waals surface area contributed by atoms with Crippen LogP contribution in [0.25, 0.3) is 0 Å². The number of ketones is 1. The number of carbonyl (C=O) groups is 1. The van der Waals surface area contributed by atoms with Crippen molar-refractivity contribution in [1.82, 2.24) is 4.90 Å². The van der Waals surface area contributed by atoms with Crippen LogP contribution in [-0.4, -0.2) is 43.5 Å². The van der Waals surface area contributed by atoms with Crippen molar-refractivity contribution < 1.29 is 9.53 Å². The van der Waals surface area contributed by atoms with Crippen LogP contribution in [0.3, 0.4) is 0 Å². The normalized spacial score (nSPS) is 23.7. The van der Waals surface area contributed by atoms with E-state index in [1.807, 2.05) is 30.3 Å². The van der Waals surface area contributed by atoms with Crippen molar-refractivity contribution in [1.29, 1.82) is 0 Å². The van der Waals surface area contributed by atoms with Gasteiger partial charge in [-0.3, -0.25) is 4.79 Å². The number of hydrogen-bond acceptors (Lipinski definition) is 3. The molecular weight excluding hydrogens is 250 g/mol. The second-order valence-corrected chi connectivity index (χ2v) is 5.73. The number of hydrogen-bond donors (Lipinski definition) is 0. The lowest BCUT2D eigenvalue weighted by atomic mass is 9.95. The van der Waals surface area contributed by atoms with Crippen LogP contribution < -0.4 is 0 Å². The van der Waals surface area contributed by atoms with Gasteiger partial charge in [0.1, 0.15) is 0 Å². The molecule has 2 atom stereocenters. The third kappa shape index (κ3) is 4.15. The molecule has 110 valence electrons. The van der Waals surface area contributed by atoms with Crippen molar-refractivity contribution >= 4 is 5.78 Å². The van der Waals surface area contributed by atoms with Crippen molar-refractivity contribution in [2.45, 2.75) is 32.3 Å². The van der Waals surface area contributed by atoms with E-state index in [2.05, 4.69) is 11.8 Å². The van der Waals surface area contributed by atoms with Crippen LogP contribution in [0.15, 0.2) is 30.3 Å². The molecule has 0 aliphatic carbocycles. The standard InChI is InChI=1S/C17H25NO2/c1-14-10-12-18(13-17(14)20-2)11-6-9-16(19)15-7-4-3-5-8-15/h3-5,7-8,14,17H,6,9-13H2,1-2H3. The number of rotatable bonds is 6. The van der Waals surface area contributed by atoms with E-state index in [1.165, 1.54) is 6.42 Å². The number of piperidine rings is 1. The maximum Gasteiger partial charge on any atom is 0.162 e. The van der Waals surface area contributed by atoms with Gasteiger partial charge in [-0.15, -0.1) is 0 Å². The molecule has 0 radical (unpaired) electrons. The summed E-state index contributed by atoms with van der Waals surface area (Å²) in [6, 6.07) is 9.57. The Hall–Kier alpha value is -1.19. The quantitative estimate of drug-likeness (QED) is 0.747. The molecule has 20 heavy (non-hydrogen) atoms. The van der Waals surface area contributed by atoms with E-state index in [1.54, 1.807) is 7.11 Å². The zero-order valence-electron chi connectivity index (χ0n) is 12.5. The van der Waals surface area contributed by atoms with Gasteiger partial charge in [-0.1, -0.05) is 37.3 Å². The number of methoxy groups -OCH3 is 1. The first-order valence-electron chi connectivity index (χ1n) is 7.54. The fourth-order valence-corrected chi connectivity index (χ4v) is 2.84. The molecule has 1 aromatic rings. The fourth-order valence-electron chi connectivity index (χ4n) is 2.84. The van der Waals surface area contributed by atoms with E-state index in [0.29, 0.717) is 18.4 Å². The van der Waals surface area contributed by atoms with Crippen molar-refractivity contribution in [2.24, 2.45) is 5.92 Å². The van der Waals surface area contributed by atoms with E-state index in [4.69, 9.17) is 4.74 Å². The smallest absolute Gasteiger partial charge is 0.162 e. The van der Waals surface area contributed by atoms with Crippen LogP contribution in [0.2, 0.25) is 0 Å². The molecule has 0 amide bonds. The Kier molecular flexibility index (Phi) is 5.74. The van der Waals surface area contributed by atoms with Gasteiger partial charge in [0.15, 0.2) is 5.78 Å². The fraction of sp³-hybridized carbons (Fsp3) is 0.588. The Labute approximate surface area is 121 Å². The first-order valence-corrected chi connectivity index (χ1v) is 7.54. The van der Waals surface area contributed by atoms with Crippen LogP contribution >= 0.6 is 0 Å². The highest BCUT2D eigenvalue weighted by Gasteiger charge is 2.25. The number of nitrogens with zero attached hydrogens (tertiary/aromatic N) is 1. The Balaban J connectivity index is 1.72. The minimum absolute atomic E-state index is 0.249. The summed E-state index contributed by atoms with van der Waals surface area (Å²) in [4.78, 5) is 14.4. The molecule has 2 rings (SSSR count). The monoisotopic (exact) mass is 275 g/mol. The molecule has 1 fully saturated rings. The van der Waals surface area contributed by atoms with E-state index in [9.17, 15) is 4.79 Å². The minimum Gasteiger partial charge on any atom is -0.380 e. The summed E-state index contributed by atoms with van der Waals surface area (Å²) in [6.45, 7) is 5.37. The maximum absolute atomic E-state index is 12.0. The molecule has 0 aromatic heterocycles. The number of carbonyl (C=O) groups excluding carboxylic acids is 1. The second kappa shape index (κ2) is 7.55. The SMILES string of the molecule is COC1CN(CCCC(=O)c2ccccc2)CCC1C. The number of benzene rings is 1. The first kappa shape index (κ1) is 15.2. The lowest BCUT2D eigenvalue weighted by Gasteiger charge is -2.36. The van der Waals surface area contributed by atoms with Gasteiger partial charge in [0, 0.05) is 25.6 Å². The van der Waals surface area contributed by atoms with E-state index >= 15 is 0 Å². The lowest BCUT2D eigenvalue weighted by molar-refractivity contribution is -0.00512. The van der Waals surface area contributed by atoms with E-state index in [0.717, 1.165) is 31.6 Å². The van der Waals surface area contributed by atoms with Gasteiger partial charge in [-0.2, -0.15) is 0 Å². The molecular formula is C17H25NO2. The predicted molar refractivity (Wildman–Crippen MR) is 81.0 cm³/mol.